The fourth-order valence-corrected chi connectivity index (χ4v) is 4.50. The molecule has 2 aliphatic rings. The van der Waals surface area contributed by atoms with Crippen LogP contribution in [0.4, 0.5) is 0 Å². The molecule has 2 heterocycles. The summed E-state index contributed by atoms with van der Waals surface area (Å²) in [4.78, 5) is 14.8. The molecule has 3 nitrogen and oxygen atoms in total. The number of nitrogens with one attached hydrogen (secondary N) is 1. The molecular weight excluding hydrogens is 268 g/mol. The Hall–Kier alpha value is -0.220. The summed E-state index contributed by atoms with van der Waals surface area (Å²) in [6.45, 7) is 5.39. The number of thioether (sulfide) groups is 1. The Morgan fingerprint density at radius 3 is 2.60 bits per heavy atom. The summed E-state index contributed by atoms with van der Waals surface area (Å²) in [6, 6.07) is 0.0875. The molecule has 0 spiro atoms. The molecule has 2 fully saturated rings. The van der Waals surface area contributed by atoms with Gasteiger partial charge in [-0.05, 0) is 43.1 Å². The second kappa shape index (κ2) is 8.28. The van der Waals surface area contributed by atoms with E-state index in [0.29, 0.717) is 12.1 Å². The summed E-state index contributed by atoms with van der Waals surface area (Å²) in [5, 5.41) is 3.59. The van der Waals surface area contributed by atoms with Gasteiger partial charge in [0.05, 0.1) is 12.2 Å². The van der Waals surface area contributed by atoms with Crippen LogP contribution in [0.5, 0.6) is 0 Å². The first-order chi connectivity index (χ1) is 9.76. The van der Waals surface area contributed by atoms with Crippen LogP contribution in [0.25, 0.3) is 0 Å². The molecule has 2 saturated heterocycles. The normalized spacial score (nSPS) is 28.3. The molecule has 1 amide bonds. The lowest BCUT2D eigenvalue weighted by Gasteiger charge is -2.30. The van der Waals surface area contributed by atoms with Crippen LogP contribution in [0.15, 0.2) is 0 Å². The van der Waals surface area contributed by atoms with Gasteiger partial charge in [0.2, 0.25) is 5.91 Å². The van der Waals surface area contributed by atoms with Crippen molar-refractivity contribution in [2.45, 2.75) is 71.0 Å². The summed E-state index contributed by atoms with van der Waals surface area (Å²) >= 11 is 2.06. The molecule has 1 N–H and O–H groups in total. The lowest BCUT2D eigenvalue weighted by atomic mass is 10.0. The van der Waals surface area contributed by atoms with E-state index in [1.165, 1.54) is 30.8 Å². The molecule has 0 aliphatic carbocycles. The van der Waals surface area contributed by atoms with E-state index in [9.17, 15) is 4.79 Å². The topological polar surface area (TPSA) is 32.3 Å². The average Bonchev–Trinajstić information content (AvgIpc) is 2.75. The van der Waals surface area contributed by atoms with Gasteiger partial charge in [0, 0.05) is 6.54 Å². The van der Waals surface area contributed by atoms with Gasteiger partial charge in [0.15, 0.2) is 0 Å². The first kappa shape index (κ1) is 16.2. The Morgan fingerprint density at radius 1 is 1.20 bits per heavy atom. The Balaban J connectivity index is 1.93. The molecule has 116 valence electrons. The summed E-state index contributed by atoms with van der Waals surface area (Å²) in [5.41, 5.74) is 0. The minimum atomic E-state index is 0.0875. The van der Waals surface area contributed by atoms with E-state index in [1.54, 1.807) is 0 Å². The Morgan fingerprint density at radius 2 is 1.95 bits per heavy atom. The van der Waals surface area contributed by atoms with Crippen LogP contribution in [-0.2, 0) is 4.79 Å². The van der Waals surface area contributed by atoms with Crippen LogP contribution in [0.3, 0.4) is 0 Å². The molecule has 2 atom stereocenters. The van der Waals surface area contributed by atoms with Gasteiger partial charge in [-0.25, -0.2) is 0 Å². The van der Waals surface area contributed by atoms with Crippen LogP contribution in [0, 0.1) is 5.92 Å². The van der Waals surface area contributed by atoms with Gasteiger partial charge >= 0.3 is 0 Å². The number of amides is 1. The highest BCUT2D eigenvalue weighted by atomic mass is 32.2. The number of carbonyl (C=O) groups is 1. The van der Waals surface area contributed by atoms with Crippen molar-refractivity contribution >= 4 is 17.7 Å². The average molecular weight is 298 g/mol. The maximum absolute atomic E-state index is 12.6. The zero-order valence-corrected chi connectivity index (χ0v) is 13.9. The maximum Gasteiger partial charge on any atom is 0.241 e. The van der Waals surface area contributed by atoms with E-state index in [0.717, 1.165) is 38.1 Å². The molecule has 2 unspecified atom stereocenters. The number of unbranched alkanes of at least 4 members (excludes halogenated alkanes) is 1. The summed E-state index contributed by atoms with van der Waals surface area (Å²) in [6.07, 6.45) is 8.42. The molecule has 2 aliphatic heterocycles. The van der Waals surface area contributed by atoms with Crippen molar-refractivity contribution in [3.05, 3.63) is 0 Å². The quantitative estimate of drug-likeness (QED) is 0.783. The van der Waals surface area contributed by atoms with Crippen molar-refractivity contribution in [2.24, 2.45) is 5.92 Å². The van der Waals surface area contributed by atoms with E-state index in [2.05, 4.69) is 35.8 Å². The molecule has 0 aromatic heterocycles. The van der Waals surface area contributed by atoms with Crippen LogP contribution >= 0.6 is 11.8 Å². The number of hydrogen-bond acceptors (Lipinski definition) is 3. The highest BCUT2D eigenvalue weighted by Gasteiger charge is 2.38. The molecule has 0 bridgehead atoms. The minimum absolute atomic E-state index is 0.0875. The number of hydrogen-bond donors (Lipinski definition) is 1. The molecular formula is C16H30N2OS. The van der Waals surface area contributed by atoms with Gasteiger partial charge in [0.25, 0.3) is 0 Å². The largest absolute Gasteiger partial charge is 0.326 e. The molecule has 0 aromatic rings. The Labute approximate surface area is 128 Å². The third-order valence-electron chi connectivity index (χ3n) is 4.56. The lowest BCUT2D eigenvalue weighted by Crippen LogP contribution is -2.41. The molecule has 20 heavy (non-hydrogen) atoms. The lowest BCUT2D eigenvalue weighted by molar-refractivity contribution is -0.130. The molecule has 0 saturated carbocycles. The SMILES string of the molecule is CCCCC1NC(CCC)N(CC2CCSCC2)C1=O. The van der Waals surface area contributed by atoms with Crippen LogP contribution in [-0.4, -0.2) is 41.1 Å². The van der Waals surface area contributed by atoms with Crippen molar-refractivity contribution < 1.29 is 4.79 Å². The van der Waals surface area contributed by atoms with Crippen molar-refractivity contribution in [3.63, 3.8) is 0 Å². The van der Waals surface area contributed by atoms with E-state index < -0.39 is 0 Å². The predicted molar refractivity (Wildman–Crippen MR) is 86.9 cm³/mol. The third-order valence-corrected chi connectivity index (χ3v) is 5.60. The van der Waals surface area contributed by atoms with Crippen molar-refractivity contribution in [3.8, 4) is 0 Å². The zero-order valence-electron chi connectivity index (χ0n) is 13.1. The van der Waals surface area contributed by atoms with Crippen molar-refractivity contribution in [2.75, 3.05) is 18.1 Å². The maximum atomic E-state index is 12.6. The van der Waals surface area contributed by atoms with E-state index >= 15 is 0 Å². The van der Waals surface area contributed by atoms with Crippen molar-refractivity contribution in [1.29, 1.82) is 0 Å². The second-order valence-corrected chi connectivity index (χ2v) is 7.44. The summed E-state index contributed by atoms with van der Waals surface area (Å²) in [5.74, 6) is 3.65. The highest BCUT2D eigenvalue weighted by Crippen LogP contribution is 2.27. The predicted octanol–water partition coefficient (Wildman–Crippen LogP) is 3.25. The minimum Gasteiger partial charge on any atom is -0.326 e. The van der Waals surface area contributed by atoms with Gasteiger partial charge in [-0.1, -0.05) is 33.1 Å². The fraction of sp³-hybridized carbons (Fsp3) is 0.938. The van der Waals surface area contributed by atoms with Gasteiger partial charge in [-0.3, -0.25) is 10.1 Å². The standard InChI is InChI=1S/C16H30N2OS/c1-3-5-7-14-16(19)18(15(17-14)6-4-2)12-13-8-10-20-11-9-13/h13-15,17H,3-12H2,1-2H3. The number of nitrogens with zero attached hydrogens (tertiary/aromatic N) is 1. The zero-order chi connectivity index (χ0) is 14.4. The van der Waals surface area contributed by atoms with Gasteiger partial charge in [-0.15, -0.1) is 0 Å². The highest BCUT2D eigenvalue weighted by molar-refractivity contribution is 7.99. The summed E-state index contributed by atoms with van der Waals surface area (Å²) < 4.78 is 0. The molecule has 2 rings (SSSR count). The molecule has 0 radical (unpaired) electrons. The number of carbonyl (C=O) groups excluding carboxylic acids is 1. The first-order valence-electron chi connectivity index (χ1n) is 8.40. The van der Waals surface area contributed by atoms with E-state index in [4.69, 9.17) is 0 Å². The van der Waals surface area contributed by atoms with E-state index in [-0.39, 0.29) is 6.04 Å². The van der Waals surface area contributed by atoms with Gasteiger partial charge < -0.3 is 4.90 Å². The van der Waals surface area contributed by atoms with Crippen LogP contribution in [0.2, 0.25) is 0 Å². The molecule has 4 heteroatoms. The van der Waals surface area contributed by atoms with E-state index in [1.807, 2.05) is 0 Å². The smallest absolute Gasteiger partial charge is 0.241 e. The first-order valence-corrected chi connectivity index (χ1v) is 9.56. The van der Waals surface area contributed by atoms with Gasteiger partial charge in [-0.2, -0.15) is 11.8 Å². The Bertz CT molecular complexity index is 305. The Kier molecular flexibility index (Phi) is 6.69. The monoisotopic (exact) mass is 298 g/mol. The molecule has 0 aromatic carbocycles. The van der Waals surface area contributed by atoms with Gasteiger partial charge in [0.1, 0.15) is 0 Å². The fourth-order valence-electron chi connectivity index (χ4n) is 3.30. The van der Waals surface area contributed by atoms with Crippen molar-refractivity contribution in [1.82, 2.24) is 10.2 Å². The third kappa shape index (κ3) is 4.14. The van der Waals surface area contributed by atoms with Crippen LogP contribution < -0.4 is 5.32 Å². The summed E-state index contributed by atoms with van der Waals surface area (Å²) in [7, 11) is 0. The second-order valence-electron chi connectivity index (χ2n) is 6.21. The van der Waals surface area contributed by atoms with Crippen LogP contribution in [0.1, 0.15) is 58.8 Å². The number of rotatable bonds is 7.